The SMILES string of the molecule is O=C(C1CC1c1cccnc1)N1CCCN(c2ncccn2)CC1. The van der Waals surface area contributed by atoms with Crippen molar-refractivity contribution in [3.8, 4) is 0 Å². The Morgan fingerprint density at radius 3 is 2.71 bits per heavy atom. The number of pyridine rings is 1. The Bertz CT molecular complexity index is 693. The second-order valence-electron chi connectivity index (χ2n) is 6.45. The Hall–Kier alpha value is -2.50. The number of carbonyl (C=O) groups is 1. The Morgan fingerprint density at radius 1 is 1.04 bits per heavy atom. The van der Waals surface area contributed by atoms with Crippen LogP contribution in [0.5, 0.6) is 0 Å². The van der Waals surface area contributed by atoms with Gasteiger partial charge in [-0.2, -0.15) is 0 Å². The molecule has 4 rings (SSSR count). The summed E-state index contributed by atoms with van der Waals surface area (Å²) in [4.78, 5) is 29.8. The van der Waals surface area contributed by atoms with Crippen LogP contribution in [0.4, 0.5) is 5.95 Å². The van der Waals surface area contributed by atoms with E-state index in [4.69, 9.17) is 0 Å². The third-order valence-electron chi connectivity index (χ3n) is 4.86. The summed E-state index contributed by atoms with van der Waals surface area (Å²) in [6.45, 7) is 3.25. The molecule has 1 saturated carbocycles. The lowest BCUT2D eigenvalue weighted by molar-refractivity contribution is -0.132. The maximum atomic E-state index is 12.8. The van der Waals surface area contributed by atoms with Crippen LogP contribution in [-0.2, 0) is 4.79 Å². The number of carbonyl (C=O) groups excluding carboxylic acids is 1. The average molecular weight is 323 g/mol. The largest absolute Gasteiger partial charge is 0.341 e. The molecule has 1 saturated heterocycles. The van der Waals surface area contributed by atoms with Crippen LogP contribution in [-0.4, -0.2) is 51.9 Å². The van der Waals surface area contributed by atoms with E-state index in [2.05, 4.69) is 25.9 Å². The minimum Gasteiger partial charge on any atom is -0.341 e. The molecule has 3 heterocycles. The van der Waals surface area contributed by atoms with Gasteiger partial charge in [0, 0.05) is 56.9 Å². The van der Waals surface area contributed by atoms with Crippen LogP contribution in [0.2, 0.25) is 0 Å². The second kappa shape index (κ2) is 6.55. The summed E-state index contributed by atoms with van der Waals surface area (Å²) >= 11 is 0. The van der Waals surface area contributed by atoms with Crippen LogP contribution in [0.15, 0.2) is 43.0 Å². The average Bonchev–Trinajstić information content (AvgIpc) is 3.46. The van der Waals surface area contributed by atoms with E-state index in [1.165, 1.54) is 5.56 Å². The van der Waals surface area contributed by atoms with Crippen LogP contribution < -0.4 is 4.90 Å². The first-order valence-corrected chi connectivity index (χ1v) is 8.53. The first-order valence-electron chi connectivity index (χ1n) is 8.53. The molecule has 2 aliphatic rings. The molecule has 0 aromatic carbocycles. The van der Waals surface area contributed by atoms with Crippen LogP contribution in [0, 0.1) is 5.92 Å². The Labute approximate surface area is 141 Å². The molecule has 0 N–H and O–H groups in total. The van der Waals surface area contributed by atoms with Crippen molar-refractivity contribution in [3.05, 3.63) is 48.5 Å². The third kappa shape index (κ3) is 3.09. The van der Waals surface area contributed by atoms with Gasteiger partial charge in [-0.05, 0) is 36.5 Å². The van der Waals surface area contributed by atoms with Gasteiger partial charge in [0.1, 0.15) is 0 Å². The predicted octanol–water partition coefficient (Wildman–Crippen LogP) is 1.71. The van der Waals surface area contributed by atoms with Crippen LogP contribution >= 0.6 is 0 Å². The Kier molecular flexibility index (Phi) is 4.11. The van der Waals surface area contributed by atoms with E-state index < -0.39 is 0 Å². The molecule has 1 amide bonds. The highest BCUT2D eigenvalue weighted by Gasteiger charge is 2.45. The molecule has 0 bridgehead atoms. The van der Waals surface area contributed by atoms with Gasteiger partial charge in [-0.3, -0.25) is 9.78 Å². The molecule has 1 aliphatic carbocycles. The van der Waals surface area contributed by atoms with E-state index >= 15 is 0 Å². The van der Waals surface area contributed by atoms with E-state index in [0.29, 0.717) is 11.8 Å². The fraction of sp³-hybridized carbons (Fsp3) is 0.444. The molecule has 0 spiro atoms. The van der Waals surface area contributed by atoms with Crippen molar-refractivity contribution < 1.29 is 4.79 Å². The molecule has 6 nitrogen and oxygen atoms in total. The van der Waals surface area contributed by atoms with E-state index in [-0.39, 0.29) is 5.92 Å². The molecular formula is C18H21N5O. The van der Waals surface area contributed by atoms with Crippen molar-refractivity contribution in [2.45, 2.75) is 18.8 Å². The minimum atomic E-state index is 0.133. The lowest BCUT2D eigenvalue weighted by atomic mass is 10.1. The number of hydrogen-bond donors (Lipinski definition) is 0. The summed E-state index contributed by atoms with van der Waals surface area (Å²) in [7, 11) is 0. The van der Waals surface area contributed by atoms with Crippen molar-refractivity contribution in [1.29, 1.82) is 0 Å². The lowest BCUT2D eigenvalue weighted by Crippen LogP contribution is -2.36. The molecule has 2 aromatic heterocycles. The van der Waals surface area contributed by atoms with Gasteiger partial charge in [0.15, 0.2) is 0 Å². The molecular weight excluding hydrogens is 302 g/mol. The molecule has 2 unspecified atom stereocenters. The number of hydrogen-bond acceptors (Lipinski definition) is 5. The number of amides is 1. The van der Waals surface area contributed by atoms with Crippen molar-refractivity contribution in [2.24, 2.45) is 5.92 Å². The summed E-state index contributed by atoms with van der Waals surface area (Å²) in [6, 6.07) is 5.84. The summed E-state index contributed by atoms with van der Waals surface area (Å²) in [6.07, 6.45) is 9.09. The van der Waals surface area contributed by atoms with Gasteiger partial charge in [0.05, 0.1) is 0 Å². The minimum absolute atomic E-state index is 0.133. The Morgan fingerprint density at radius 2 is 1.92 bits per heavy atom. The fourth-order valence-electron chi connectivity index (χ4n) is 3.46. The summed E-state index contributed by atoms with van der Waals surface area (Å²) < 4.78 is 0. The molecule has 2 atom stereocenters. The Balaban J connectivity index is 1.37. The van der Waals surface area contributed by atoms with Crippen LogP contribution in [0.3, 0.4) is 0 Å². The van der Waals surface area contributed by atoms with Gasteiger partial charge < -0.3 is 9.80 Å². The molecule has 2 aromatic rings. The number of nitrogens with zero attached hydrogens (tertiary/aromatic N) is 5. The third-order valence-corrected chi connectivity index (χ3v) is 4.86. The van der Waals surface area contributed by atoms with Crippen molar-refractivity contribution >= 4 is 11.9 Å². The van der Waals surface area contributed by atoms with Crippen LogP contribution in [0.25, 0.3) is 0 Å². The second-order valence-corrected chi connectivity index (χ2v) is 6.45. The monoisotopic (exact) mass is 323 g/mol. The molecule has 1 aliphatic heterocycles. The van der Waals surface area contributed by atoms with Gasteiger partial charge in [-0.25, -0.2) is 9.97 Å². The van der Waals surface area contributed by atoms with Crippen LogP contribution in [0.1, 0.15) is 24.3 Å². The maximum Gasteiger partial charge on any atom is 0.226 e. The zero-order chi connectivity index (χ0) is 16.4. The van der Waals surface area contributed by atoms with Crippen molar-refractivity contribution in [3.63, 3.8) is 0 Å². The predicted molar refractivity (Wildman–Crippen MR) is 90.5 cm³/mol. The number of anilines is 1. The fourth-order valence-corrected chi connectivity index (χ4v) is 3.46. The van der Waals surface area contributed by atoms with Gasteiger partial charge in [-0.15, -0.1) is 0 Å². The quantitative estimate of drug-likeness (QED) is 0.860. The normalized spacial score (nSPS) is 23.7. The summed E-state index contributed by atoms with van der Waals surface area (Å²) in [5.41, 5.74) is 1.19. The van der Waals surface area contributed by atoms with Crippen molar-refractivity contribution in [1.82, 2.24) is 19.9 Å². The van der Waals surface area contributed by atoms with Gasteiger partial charge in [0.25, 0.3) is 0 Å². The molecule has 124 valence electrons. The first-order chi connectivity index (χ1) is 11.8. The van der Waals surface area contributed by atoms with Crippen molar-refractivity contribution in [2.75, 3.05) is 31.1 Å². The first kappa shape index (κ1) is 15.1. The molecule has 0 radical (unpaired) electrons. The van der Waals surface area contributed by atoms with E-state index in [1.54, 1.807) is 18.6 Å². The number of rotatable bonds is 3. The topological polar surface area (TPSA) is 62.2 Å². The highest BCUT2D eigenvalue weighted by molar-refractivity contribution is 5.83. The molecule has 2 fully saturated rings. The zero-order valence-electron chi connectivity index (χ0n) is 13.6. The van der Waals surface area contributed by atoms with Gasteiger partial charge in [-0.1, -0.05) is 6.07 Å². The van der Waals surface area contributed by atoms with E-state index in [0.717, 1.165) is 45.0 Å². The summed E-state index contributed by atoms with van der Waals surface area (Å²) in [5.74, 6) is 1.53. The molecule has 6 heteroatoms. The maximum absolute atomic E-state index is 12.8. The van der Waals surface area contributed by atoms with Gasteiger partial charge in [0.2, 0.25) is 11.9 Å². The highest BCUT2D eigenvalue weighted by atomic mass is 16.2. The number of aromatic nitrogens is 3. The summed E-state index contributed by atoms with van der Waals surface area (Å²) in [5, 5.41) is 0. The highest BCUT2D eigenvalue weighted by Crippen LogP contribution is 2.48. The zero-order valence-corrected chi connectivity index (χ0v) is 13.6. The smallest absolute Gasteiger partial charge is 0.226 e. The van der Waals surface area contributed by atoms with E-state index in [1.807, 2.05) is 23.2 Å². The molecule has 24 heavy (non-hydrogen) atoms. The van der Waals surface area contributed by atoms with Gasteiger partial charge >= 0.3 is 0 Å². The lowest BCUT2D eigenvalue weighted by Gasteiger charge is -2.22. The standard InChI is InChI=1S/C18H21N5O/c24-17(16-12-15(16)14-4-1-5-19-13-14)22-8-3-9-23(11-10-22)18-20-6-2-7-21-18/h1-2,4-7,13,15-16H,3,8-12H2. The van der Waals surface area contributed by atoms with E-state index in [9.17, 15) is 4.79 Å².